The number of carbonyl (C=O) groups excluding carboxylic acids is 1. The van der Waals surface area contributed by atoms with Crippen molar-refractivity contribution in [3.63, 3.8) is 0 Å². The van der Waals surface area contributed by atoms with Crippen LogP contribution in [-0.2, 0) is 16.0 Å². The van der Waals surface area contributed by atoms with Crippen LogP contribution in [0.4, 0.5) is 0 Å². The van der Waals surface area contributed by atoms with E-state index in [9.17, 15) is 4.79 Å². The van der Waals surface area contributed by atoms with Crippen LogP contribution in [0.3, 0.4) is 0 Å². The van der Waals surface area contributed by atoms with Crippen LogP contribution >= 0.6 is 0 Å². The topological polar surface area (TPSA) is 39.2 Å². The second-order valence-corrected chi connectivity index (χ2v) is 3.80. The zero-order valence-corrected chi connectivity index (χ0v) is 9.82. The molecule has 88 valence electrons. The van der Waals surface area contributed by atoms with Crippen LogP contribution in [0, 0.1) is 0 Å². The molecule has 0 aromatic carbocycles. The average molecular weight is 221 g/mol. The van der Waals surface area contributed by atoms with E-state index in [0.717, 1.165) is 19.3 Å². The summed E-state index contributed by atoms with van der Waals surface area (Å²) in [5.74, 6) is 0.200. The van der Waals surface area contributed by atoms with Crippen LogP contribution in [0.2, 0.25) is 0 Å². The van der Waals surface area contributed by atoms with Gasteiger partial charge >= 0.3 is 0 Å². The summed E-state index contributed by atoms with van der Waals surface area (Å²) in [6, 6.07) is 4.00. The van der Waals surface area contributed by atoms with E-state index in [2.05, 4.69) is 4.98 Å². The molecule has 0 radical (unpaired) electrons. The van der Waals surface area contributed by atoms with Crippen molar-refractivity contribution < 1.29 is 9.53 Å². The molecule has 3 heteroatoms. The van der Waals surface area contributed by atoms with E-state index in [1.807, 2.05) is 19.1 Å². The summed E-state index contributed by atoms with van der Waals surface area (Å²) in [7, 11) is 0. The first-order valence-electron chi connectivity index (χ1n) is 5.81. The fourth-order valence-electron chi connectivity index (χ4n) is 1.46. The molecule has 0 N–H and O–H groups in total. The van der Waals surface area contributed by atoms with E-state index in [-0.39, 0.29) is 12.4 Å². The van der Waals surface area contributed by atoms with Gasteiger partial charge in [-0.15, -0.1) is 0 Å². The highest BCUT2D eigenvalue weighted by Gasteiger charge is 1.99. The molecule has 0 saturated heterocycles. The summed E-state index contributed by atoms with van der Waals surface area (Å²) in [4.78, 5) is 15.1. The molecule has 0 spiro atoms. The number of Topliss-reactive ketones (excluding diaryl/α,β-unsaturated/α-hetero) is 1. The lowest BCUT2D eigenvalue weighted by Gasteiger charge is -2.03. The van der Waals surface area contributed by atoms with Crippen molar-refractivity contribution in [3.05, 3.63) is 30.1 Å². The normalized spacial score (nSPS) is 10.3. The van der Waals surface area contributed by atoms with Gasteiger partial charge in [0.05, 0.1) is 0 Å². The lowest BCUT2D eigenvalue weighted by Crippen LogP contribution is -2.09. The molecule has 0 saturated carbocycles. The molecular weight excluding hydrogens is 202 g/mol. The summed E-state index contributed by atoms with van der Waals surface area (Å²) in [5, 5.41) is 0. The third-order valence-electron chi connectivity index (χ3n) is 2.30. The van der Waals surface area contributed by atoms with Crippen molar-refractivity contribution in [1.29, 1.82) is 0 Å². The number of ketones is 1. The van der Waals surface area contributed by atoms with Crippen LogP contribution in [0.15, 0.2) is 24.5 Å². The second kappa shape index (κ2) is 7.99. The lowest BCUT2D eigenvalue weighted by molar-refractivity contribution is -0.123. The Bertz CT molecular complexity index is 298. The second-order valence-electron chi connectivity index (χ2n) is 3.80. The number of aryl methyl sites for hydroxylation is 1. The monoisotopic (exact) mass is 221 g/mol. The number of hydrogen-bond acceptors (Lipinski definition) is 3. The Balaban J connectivity index is 2.02. The van der Waals surface area contributed by atoms with Crippen molar-refractivity contribution in [2.75, 3.05) is 13.2 Å². The number of carbonyl (C=O) groups is 1. The number of hydrogen-bond donors (Lipinski definition) is 0. The van der Waals surface area contributed by atoms with Gasteiger partial charge in [0.15, 0.2) is 5.78 Å². The molecule has 0 aliphatic carbocycles. The molecule has 0 atom stereocenters. The van der Waals surface area contributed by atoms with Crippen molar-refractivity contribution in [3.8, 4) is 0 Å². The van der Waals surface area contributed by atoms with E-state index in [1.54, 1.807) is 12.4 Å². The Hall–Kier alpha value is -1.22. The van der Waals surface area contributed by atoms with Gasteiger partial charge in [-0.25, -0.2) is 0 Å². The molecule has 1 heterocycles. The van der Waals surface area contributed by atoms with Crippen LogP contribution in [0.5, 0.6) is 0 Å². The van der Waals surface area contributed by atoms with Gasteiger partial charge in [0.1, 0.15) is 6.61 Å². The minimum Gasteiger partial charge on any atom is -0.374 e. The highest BCUT2D eigenvalue weighted by molar-refractivity contribution is 5.79. The molecule has 0 unspecified atom stereocenters. The Kier molecular flexibility index (Phi) is 6.42. The Morgan fingerprint density at radius 1 is 1.38 bits per heavy atom. The quantitative estimate of drug-likeness (QED) is 0.633. The van der Waals surface area contributed by atoms with Gasteiger partial charge in [-0.1, -0.05) is 6.92 Å². The zero-order valence-electron chi connectivity index (χ0n) is 9.82. The van der Waals surface area contributed by atoms with Gasteiger partial charge in [-0.05, 0) is 37.0 Å². The van der Waals surface area contributed by atoms with Crippen molar-refractivity contribution in [2.24, 2.45) is 0 Å². The molecular formula is C13H19NO2. The molecule has 0 amide bonds. The fraction of sp³-hybridized carbons (Fsp3) is 0.538. The largest absolute Gasteiger partial charge is 0.374 e. The highest BCUT2D eigenvalue weighted by Crippen LogP contribution is 2.01. The molecule has 0 fully saturated rings. The standard InChI is InChI=1S/C13H19NO2/c1-2-4-13(15)11-16-10-3-5-12-6-8-14-9-7-12/h6-9H,2-5,10-11H2,1H3. The smallest absolute Gasteiger partial charge is 0.158 e. The maximum atomic E-state index is 11.1. The van der Waals surface area contributed by atoms with Crippen LogP contribution in [0.1, 0.15) is 31.7 Å². The van der Waals surface area contributed by atoms with Gasteiger partial charge in [0.25, 0.3) is 0 Å². The first-order chi connectivity index (χ1) is 7.83. The molecule has 0 aliphatic rings. The molecule has 1 aromatic heterocycles. The zero-order chi connectivity index (χ0) is 11.6. The Labute approximate surface area is 96.8 Å². The minimum atomic E-state index is 0.200. The number of ether oxygens (including phenoxy) is 1. The van der Waals surface area contributed by atoms with Gasteiger partial charge < -0.3 is 4.74 Å². The fourth-order valence-corrected chi connectivity index (χ4v) is 1.46. The number of rotatable bonds is 8. The highest BCUT2D eigenvalue weighted by atomic mass is 16.5. The third kappa shape index (κ3) is 5.61. The molecule has 0 aliphatic heterocycles. The maximum Gasteiger partial charge on any atom is 0.158 e. The van der Waals surface area contributed by atoms with E-state index in [0.29, 0.717) is 13.0 Å². The van der Waals surface area contributed by atoms with Crippen molar-refractivity contribution in [2.45, 2.75) is 32.6 Å². The molecule has 1 aromatic rings. The SMILES string of the molecule is CCCC(=O)COCCCc1ccncc1. The summed E-state index contributed by atoms with van der Waals surface area (Å²) in [5.41, 5.74) is 1.26. The Morgan fingerprint density at radius 3 is 2.81 bits per heavy atom. The average Bonchev–Trinajstić information content (AvgIpc) is 2.30. The Morgan fingerprint density at radius 2 is 2.12 bits per heavy atom. The number of aromatic nitrogens is 1. The van der Waals surface area contributed by atoms with E-state index >= 15 is 0 Å². The van der Waals surface area contributed by atoms with E-state index < -0.39 is 0 Å². The predicted molar refractivity (Wildman–Crippen MR) is 63.3 cm³/mol. The van der Waals surface area contributed by atoms with Gasteiger partial charge in [0, 0.05) is 25.4 Å². The predicted octanol–water partition coefficient (Wildman–Crippen LogP) is 2.40. The molecule has 0 bridgehead atoms. The first kappa shape index (κ1) is 12.8. The summed E-state index contributed by atoms with van der Waals surface area (Å²) >= 11 is 0. The van der Waals surface area contributed by atoms with Crippen molar-refractivity contribution >= 4 is 5.78 Å². The van der Waals surface area contributed by atoms with Crippen LogP contribution < -0.4 is 0 Å². The van der Waals surface area contributed by atoms with E-state index in [1.165, 1.54) is 5.56 Å². The van der Waals surface area contributed by atoms with E-state index in [4.69, 9.17) is 4.74 Å². The summed E-state index contributed by atoms with van der Waals surface area (Å²) < 4.78 is 5.30. The summed E-state index contributed by atoms with van der Waals surface area (Å²) in [6.45, 7) is 2.92. The molecule has 3 nitrogen and oxygen atoms in total. The van der Waals surface area contributed by atoms with Crippen LogP contribution in [0.25, 0.3) is 0 Å². The van der Waals surface area contributed by atoms with Crippen molar-refractivity contribution in [1.82, 2.24) is 4.98 Å². The number of pyridine rings is 1. The minimum absolute atomic E-state index is 0.200. The van der Waals surface area contributed by atoms with Gasteiger partial charge in [-0.3, -0.25) is 9.78 Å². The molecule has 16 heavy (non-hydrogen) atoms. The van der Waals surface area contributed by atoms with Gasteiger partial charge in [0.2, 0.25) is 0 Å². The summed E-state index contributed by atoms with van der Waals surface area (Å²) in [6.07, 6.45) is 7.04. The van der Waals surface area contributed by atoms with Crippen LogP contribution in [-0.4, -0.2) is 24.0 Å². The lowest BCUT2D eigenvalue weighted by atomic mass is 10.1. The van der Waals surface area contributed by atoms with Gasteiger partial charge in [-0.2, -0.15) is 0 Å². The maximum absolute atomic E-state index is 11.1. The third-order valence-corrected chi connectivity index (χ3v) is 2.30. The number of nitrogens with zero attached hydrogens (tertiary/aromatic N) is 1. The molecule has 1 rings (SSSR count). The first-order valence-corrected chi connectivity index (χ1v) is 5.81.